The van der Waals surface area contributed by atoms with Crippen molar-refractivity contribution in [1.82, 2.24) is 0 Å². The first kappa shape index (κ1) is 19.2. The van der Waals surface area contributed by atoms with Crippen molar-refractivity contribution in [3.8, 4) is 0 Å². The molecular formula is C24H28O3. The Morgan fingerprint density at radius 1 is 1.19 bits per heavy atom. The first-order chi connectivity index (χ1) is 13.2. The molecule has 2 aromatic rings. The highest BCUT2D eigenvalue weighted by Crippen LogP contribution is 2.40. The molecule has 0 amide bonds. The topological polar surface area (TPSA) is 39.4 Å². The van der Waals surface area contributed by atoms with Gasteiger partial charge in [-0.1, -0.05) is 62.2 Å². The van der Waals surface area contributed by atoms with Crippen LogP contribution < -0.4 is 0 Å². The van der Waals surface area contributed by atoms with E-state index in [4.69, 9.17) is 9.15 Å². The molecule has 1 fully saturated rings. The number of furan rings is 1. The number of allylic oxidation sites excluding steroid dienone is 2. The van der Waals surface area contributed by atoms with Crippen LogP contribution in [0.25, 0.3) is 5.57 Å². The van der Waals surface area contributed by atoms with Crippen LogP contribution in [0.4, 0.5) is 0 Å². The van der Waals surface area contributed by atoms with E-state index in [0.717, 1.165) is 16.9 Å². The second-order valence-electron chi connectivity index (χ2n) is 7.08. The highest BCUT2D eigenvalue weighted by Gasteiger charge is 2.29. The quantitative estimate of drug-likeness (QED) is 0.437. The lowest BCUT2D eigenvalue weighted by Crippen LogP contribution is -2.16. The number of esters is 1. The van der Waals surface area contributed by atoms with Crippen molar-refractivity contribution in [3.05, 3.63) is 78.3 Å². The van der Waals surface area contributed by atoms with Crippen molar-refractivity contribution in [2.75, 3.05) is 6.61 Å². The van der Waals surface area contributed by atoms with Gasteiger partial charge < -0.3 is 9.15 Å². The predicted molar refractivity (Wildman–Crippen MR) is 108 cm³/mol. The fraction of sp³-hybridized carbons (Fsp3) is 0.375. The van der Waals surface area contributed by atoms with E-state index < -0.39 is 0 Å². The Hall–Kier alpha value is -2.55. The molecule has 0 bridgehead atoms. The van der Waals surface area contributed by atoms with Gasteiger partial charge in [-0.3, -0.25) is 0 Å². The molecule has 0 saturated heterocycles. The smallest absolute Gasteiger partial charge is 0.334 e. The van der Waals surface area contributed by atoms with Gasteiger partial charge in [0.15, 0.2) is 0 Å². The normalized spacial score (nSPS) is 16.7. The van der Waals surface area contributed by atoms with Crippen LogP contribution in [-0.2, 0) is 9.53 Å². The van der Waals surface area contributed by atoms with Crippen LogP contribution in [0.2, 0.25) is 0 Å². The third-order valence-corrected chi connectivity index (χ3v) is 5.20. The number of carbonyl (C=O) groups excluding carboxylic acids is 1. The van der Waals surface area contributed by atoms with Gasteiger partial charge in [0.2, 0.25) is 0 Å². The number of rotatable bonds is 7. The van der Waals surface area contributed by atoms with Gasteiger partial charge in [0.1, 0.15) is 5.76 Å². The standard InChI is InChI=1S/C24H28O3/c1-3-26-24(25)18(2)23(22-15-10-16-27-22)21(20-13-8-5-9-14-20)17-19-11-6-4-7-12-19/h5,8-10,13-17,19,23H,2-4,6-7,11-12H2,1H3/b21-17+. The largest absolute Gasteiger partial charge is 0.468 e. The van der Waals surface area contributed by atoms with Crippen LogP contribution in [0.3, 0.4) is 0 Å². The number of ether oxygens (including phenoxy) is 1. The molecule has 1 unspecified atom stereocenters. The van der Waals surface area contributed by atoms with E-state index >= 15 is 0 Å². The van der Waals surface area contributed by atoms with Gasteiger partial charge >= 0.3 is 5.97 Å². The highest BCUT2D eigenvalue weighted by molar-refractivity contribution is 5.94. The molecule has 0 aliphatic heterocycles. The van der Waals surface area contributed by atoms with Crippen LogP contribution in [0.1, 0.15) is 56.3 Å². The lowest BCUT2D eigenvalue weighted by atomic mass is 9.80. The summed E-state index contributed by atoms with van der Waals surface area (Å²) in [5.41, 5.74) is 2.59. The molecule has 0 N–H and O–H groups in total. The van der Waals surface area contributed by atoms with Gasteiger partial charge in [-0.05, 0) is 49.0 Å². The summed E-state index contributed by atoms with van der Waals surface area (Å²) in [4.78, 5) is 12.5. The predicted octanol–water partition coefficient (Wildman–Crippen LogP) is 6.15. The van der Waals surface area contributed by atoms with Crippen LogP contribution >= 0.6 is 0 Å². The Bertz CT molecular complexity index is 765. The Morgan fingerprint density at radius 3 is 2.56 bits per heavy atom. The first-order valence-electron chi connectivity index (χ1n) is 9.87. The molecule has 0 radical (unpaired) electrons. The molecule has 1 aliphatic carbocycles. The van der Waals surface area contributed by atoms with E-state index in [0.29, 0.717) is 18.1 Å². The second-order valence-corrected chi connectivity index (χ2v) is 7.08. The number of hydrogen-bond acceptors (Lipinski definition) is 3. The summed E-state index contributed by atoms with van der Waals surface area (Å²) < 4.78 is 11.0. The third-order valence-electron chi connectivity index (χ3n) is 5.20. The van der Waals surface area contributed by atoms with Crippen molar-refractivity contribution in [2.45, 2.75) is 44.9 Å². The fourth-order valence-electron chi connectivity index (χ4n) is 3.85. The molecule has 3 rings (SSSR count). The van der Waals surface area contributed by atoms with Gasteiger partial charge in [0, 0.05) is 5.57 Å². The van der Waals surface area contributed by atoms with Gasteiger partial charge in [-0.15, -0.1) is 0 Å². The molecule has 0 spiro atoms. The monoisotopic (exact) mass is 364 g/mol. The van der Waals surface area contributed by atoms with E-state index in [1.807, 2.05) is 37.3 Å². The zero-order valence-electron chi connectivity index (χ0n) is 16.0. The minimum atomic E-state index is -0.371. The minimum absolute atomic E-state index is 0.329. The maximum absolute atomic E-state index is 12.5. The summed E-state index contributed by atoms with van der Waals surface area (Å²) in [5.74, 6) is 0.521. The zero-order chi connectivity index (χ0) is 19.1. The third kappa shape index (κ3) is 4.79. The Balaban J connectivity index is 2.05. The summed E-state index contributed by atoms with van der Waals surface area (Å²) >= 11 is 0. The van der Waals surface area contributed by atoms with E-state index in [9.17, 15) is 4.79 Å². The molecule has 1 aliphatic rings. The summed E-state index contributed by atoms with van der Waals surface area (Å²) in [5, 5.41) is 0. The number of carbonyl (C=O) groups is 1. The van der Waals surface area contributed by atoms with Gasteiger partial charge in [0.25, 0.3) is 0 Å². The molecule has 3 heteroatoms. The maximum Gasteiger partial charge on any atom is 0.334 e. The Morgan fingerprint density at radius 2 is 1.93 bits per heavy atom. The van der Waals surface area contributed by atoms with Crippen molar-refractivity contribution in [2.24, 2.45) is 5.92 Å². The molecule has 142 valence electrons. The van der Waals surface area contributed by atoms with Crippen molar-refractivity contribution in [1.29, 1.82) is 0 Å². The number of hydrogen-bond donors (Lipinski definition) is 0. The minimum Gasteiger partial charge on any atom is -0.468 e. The van der Waals surface area contributed by atoms with E-state index in [-0.39, 0.29) is 11.9 Å². The first-order valence-corrected chi connectivity index (χ1v) is 9.87. The Kier molecular flexibility index (Phi) is 6.69. The average Bonchev–Trinajstić information content (AvgIpc) is 3.23. The molecule has 1 aromatic carbocycles. The van der Waals surface area contributed by atoms with Crippen molar-refractivity contribution < 1.29 is 13.9 Å². The van der Waals surface area contributed by atoms with Crippen LogP contribution in [-0.4, -0.2) is 12.6 Å². The molecule has 27 heavy (non-hydrogen) atoms. The lowest BCUT2D eigenvalue weighted by molar-refractivity contribution is -0.138. The summed E-state index contributed by atoms with van der Waals surface area (Å²) in [6.07, 6.45) is 10.2. The molecular weight excluding hydrogens is 336 g/mol. The number of benzene rings is 1. The SMILES string of the molecule is C=C(C(=O)OCC)C(/C(=C/C1CCCCC1)c1ccccc1)c1ccco1. The molecule has 1 heterocycles. The van der Waals surface area contributed by atoms with E-state index in [1.54, 1.807) is 6.26 Å². The average molecular weight is 364 g/mol. The van der Waals surface area contributed by atoms with Crippen LogP contribution in [0.5, 0.6) is 0 Å². The second kappa shape index (κ2) is 9.40. The van der Waals surface area contributed by atoms with Crippen LogP contribution in [0.15, 0.2) is 71.4 Å². The van der Waals surface area contributed by atoms with Gasteiger partial charge in [0.05, 0.1) is 18.8 Å². The van der Waals surface area contributed by atoms with E-state index in [2.05, 4.69) is 24.8 Å². The Labute approximate surface area is 161 Å². The highest BCUT2D eigenvalue weighted by atomic mass is 16.5. The summed E-state index contributed by atoms with van der Waals surface area (Å²) in [6, 6.07) is 14.0. The fourth-order valence-corrected chi connectivity index (χ4v) is 3.85. The van der Waals surface area contributed by atoms with Crippen molar-refractivity contribution >= 4 is 11.5 Å². The molecule has 1 aromatic heterocycles. The van der Waals surface area contributed by atoms with Gasteiger partial charge in [-0.2, -0.15) is 0 Å². The summed E-state index contributed by atoms with van der Waals surface area (Å²) in [6.45, 7) is 6.23. The van der Waals surface area contributed by atoms with E-state index in [1.165, 1.54) is 32.1 Å². The lowest BCUT2D eigenvalue weighted by Gasteiger charge is -2.25. The molecule has 3 nitrogen and oxygen atoms in total. The van der Waals surface area contributed by atoms with Crippen LogP contribution in [0, 0.1) is 5.92 Å². The zero-order valence-corrected chi connectivity index (χ0v) is 16.0. The van der Waals surface area contributed by atoms with Crippen molar-refractivity contribution in [3.63, 3.8) is 0 Å². The maximum atomic E-state index is 12.5. The molecule has 1 saturated carbocycles. The summed E-state index contributed by atoms with van der Waals surface area (Å²) in [7, 11) is 0. The van der Waals surface area contributed by atoms with Gasteiger partial charge in [-0.25, -0.2) is 4.79 Å². The molecule has 1 atom stereocenters.